The zero-order valence-corrected chi connectivity index (χ0v) is 16.1. The summed E-state index contributed by atoms with van der Waals surface area (Å²) in [5.41, 5.74) is -0.912. The minimum absolute atomic E-state index is 0.00621. The quantitative estimate of drug-likeness (QED) is 0.429. The maximum Gasteiger partial charge on any atom is 0.303 e. The minimum atomic E-state index is -1.21. The molecular weight excluding hydrogens is 382 g/mol. The van der Waals surface area contributed by atoms with Gasteiger partial charge in [0.25, 0.3) is 0 Å². The molecule has 11 heteroatoms. The van der Waals surface area contributed by atoms with Gasteiger partial charge in [-0.1, -0.05) is 0 Å². The van der Waals surface area contributed by atoms with Gasteiger partial charge in [0.15, 0.2) is 18.3 Å². The van der Waals surface area contributed by atoms with E-state index >= 15 is 0 Å². The number of hydrogen-bond donors (Lipinski definition) is 0. The molecular formula is C16H21NO9S. The van der Waals surface area contributed by atoms with Crippen molar-refractivity contribution in [2.45, 2.75) is 57.5 Å². The Bertz CT molecular complexity index is 618. The minimum Gasteiger partial charge on any atom is -0.463 e. The number of rotatable bonds is 7. The van der Waals surface area contributed by atoms with Gasteiger partial charge in [0.2, 0.25) is 0 Å². The third-order valence-corrected chi connectivity index (χ3v) is 4.26. The maximum absolute atomic E-state index is 11.6. The number of nitrogens with zero attached hydrogens (tertiary/aromatic N) is 1. The highest BCUT2D eigenvalue weighted by Crippen LogP contribution is 2.34. The standard InChI is InChI=1S/C16H21NO9S/c1-8(18)22-7-12-13(23-9(2)19)14(24-10(3)20)15(25-11(4)21)16(26-12)27-6-5-17/h12-16H,6-7H2,1-4H3/t12?,13-,14-,15?,16-/m0/s1. The Labute approximate surface area is 160 Å². The molecule has 1 fully saturated rings. The van der Waals surface area contributed by atoms with Crippen molar-refractivity contribution in [3.05, 3.63) is 0 Å². The van der Waals surface area contributed by atoms with Crippen LogP contribution in [0.5, 0.6) is 0 Å². The molecule has 0 aromatic carbocycles. The smallest absolute Gasteiger partial charge is 0.303 e. The molecule has 1 heterocycles. The molecule has 0 amide bonds. The van der Waals surface area contributed by atoms with Crippen LogP contribution in [0.3, 0.4) is 0 Å². The van der Waals surface area contributed by atoms with Crippen molar-refractivity contribution in [2.75, 3.05) is 12.4 Å². The Hall–Kier alpha value is -2.32. The summed E-state index contributed by atoms with van der Waals surface area (Å²) < 4.78 is 26.4. The predicted molar refractivity (Wildman–Crippen MR) is 90.0 cm³/mol. The second-order valence-electron chi connectivity index (χ2n) is 5.54. The second-order valence-corrected chi connectivity index (χ2v) is 6.62. The van der Waals surface area contributed by atoms with E-state index in [4.69, 9.17) is 28.9 Å². The molecule has 2 unspecified atom stereocenters. The van der Waals surface area contributed by atoms with Crippen LogP contribution in [0.25, 0.3) is 0 Å². The fraction of sp³-hybridized carbons (Fsp3) is 0.688. The Morgan fingerprint density at radius 3 is 1.89 bits per heavy atom. The lowest BCUT2D eigenvalue weighted by Crippen LogP contribution is -2.61. The highest BCUT2D eigenvalue weighted by atomic mass is 32.2. The van der Waals surface area contributed by atoms with Crippen molar-refractivity contribution in [3.8, 4) is 6.07 Å². The van der Waals surface area contributed by atoms with Crippen molar-refractivity contribution in [3.63, 3.8) is 0 Å². The molecule has 1 aliphatic rings. The summed E-state index contributed by atoms with van der Waals surface area (Å²) >= 11 is 1.00. The zero-order valence-electron chi connectivity index (χ0n) is 15.3. The van der Waals surface area contributed by atoms with Crippen molar-refractivity contribution in [1.29, 1.82) is 5.26 Å². The van der Waals surface area contributed by atoms with E-state index < -0.39 is 53.7 Å². The third-order valence-electron chi connectivity index (χ3n) is 3.26. The summed E-state index contributed by atoms with van der Waals surface area (Å²) in [6.45, 7) is 4.34. The molecule has 27 heavy (non-hydrogen) atoms. The van der Waals surface area contributed by atoms with Crippen LogP contribution in [0.4, 0.5) is 0 Å². The van der Waals surface area contributed by atoms with E-state index in [-0.39, 0.29) is 12.4 Å². The molecule has 0 aromatic rings. The van der Waals surface area contributed by atoms with Gasteiger partial charge in [-0.05, 0) is 0 Å². The fourth-order valence-corrected chi connectivity index (χ4v) is 3.30. The summed E-state index contributed by atoms with van der Waals surface area (Å²) in [5, 5.41) is 8.83. The van der Waals surface area contributed by atoms with Crippen molar-refractivity contribution < 1.29 is 42.9 Å². The van der Waals surface area contributed by atoms with Gasteiger partial charge in [-0.3, -0.25) is 19.2 Å². The van der Waals surface area contributed by atoms with Crippen molar-refractivity contribution >= 4 is 35.6 Å². The Balaban J connectivity index is 3.25. The molecule has 1 aliphatic heterocycles. The normalized spacial score (nSPS) is 27.0. The van der Waals surface area contributed by atoms with E-state index in [2.05, 4.69) is 0 Å². The van der Waals surface area contributed by atoms with E-state index in [1.807, 2.05) is 6.07 Å². The lowest BCUT2D eigenvalue weighted by Gasteiger charge is -2.44. The first-order valence-corrected chi connectivity index (χ1v) is 8.99. The number of thioether (sulfide) groups is 1. The van der Waals surface area contributed by atoms with E-state index in [0.717, 1.165) is 32.5 Å². The van der Waals surface area contributed by atoms with Crippen molar-refractivity contribution in [1.82, 2.24) is 0 Å². The van der Waals surface area contributed by atoms with E-state index in [0.29, 0.717) is 0 Å². The SMILES string of the molecule is CC(=O)OCC1O[C@@H](SCC#N)C(OC(C)=O)[C@@H](OC(C)=O)[C@H]1OC(C)=O. The zero-order chi connectivity index (χ0) is 20.6. The molecule has 0 aromatic heterocycles. The molecule has 150 valence electrons. The summed E-state index contributed by atoms with van der Waals surface area (Å²) in [5.74, 6) is -2.67. The van der Waals surface area contributed by atoms with Crippen LogP contribution in [0.1, 0.15) is 27.7 Å². The largest absolute Gasteiger partial charge is 0.463 e. The van der Waals surface area contributed by atoms with Crippen LogP contribution in [-0.2, 0) is 42.9 Å². The monoisotopic (exact) mass is 403 g/mol. The average molecular weight is 403 g/mol. The molecule has 0 spiro atoms. The number of hydrogen-bond acceptors (Lipinski definition) is 11. The molecule has 10 nitrogen and oxygen atoms in total. The average Bonchev–Trinajstić information content (AvgIpc) is 2.54. The molecule has 1 saturated heterocycles. The first-order valence-electron chi connectivity index (χ1n) is 7.94. The highest BCUT2D eigenvalue weighted by molar-refractivity contribution is 8.00. The van der Waals surface area contributed by atoms with Gasteiger partial charge in [0, 0.05) is 27.7 Å². The van der Waals surface area contributed by atoms with Gasteiger partial charge in [0.05, 0.1) is 11.8 Å². The van der Waals surface area contributed by atoms with Crippen molar-refractivity contribution in [2.24, 2.45) is 0 Å². The molecule has 5 atom stereocenters. The van der Waals surface area contributed by atoms with Crippen LogP contribution in [0.15, 0.2) is 0 Å². The van der Waals surface area contributed by atoms with Gasteiger partial charge in [0.1, 0.15) is 18.1 Å². The third kappa shape index (κ3) is 7.44. The van der Waals surface area contributed by atoms with Crippen LogP contribution >= 0.6 is 11.8 Å². The highest BCUT2D eigenvalue weighted by Gasteiger charge is 2.52. The fourth-order valence-electron chi connectivity index (χ4n) is 2.44. The molecule has 0 bridgehead atoms. The summed E-state index contributed by atoms with van der Waals surface area (Å²) in [6, 6.07) is 1.92. The van der Waals surface area contributed by atoms with E-state index in [9.17, 15) is 19.2 Å². The number of carbonyl (C=O) groups is 4. The molecule has 0 saturated carbocycles. The number of ether oxygens (including phenoxy) is 5. The van der Waals surface area contributed by atoms with Crippen LogP contribution in [0, 0.1) is 11.3 Å². The first kappa shape index (κ1) is 22.7. The van der Waals surface area contributed by atoms with E-state index in [1.54, 1.807) is 0 Å². The second kappa shape index (κ2) is 10.7. The van der Waals surface area contributed by atoms with Gasteiger partial charge in [-0.15, -0.1) is 11.8 Å². The molecule has 0 aliphatic carbocycles. The maximum atomic E-state index is 11.6. The van der Waals surface area contributed by atoms with Gasteiger partial charge in [-0.25, -0.2) is 0 Å². The summed E-state index contributed by atoms with van der Waals surface area (Å²) in [4.78, 5) is 45.8. The Kier molecular flexibility index (Phi) is 9.04. The lowest BCUT2D eigenvalue weighted by atomic mass is 9.99. The van der Waals surface area contributed by atoms with Crippen LogP contribution < -0.4 is 0 Å². The number of esters is 4. The van der Waals surface area contributed by atoms with E-state index in [1.165, 1.54) is 6.92 Å². The Morgan fingerprint density at radius 1 is 0.889 bits per heavy atom. The molecule has 0 radical (unpaired) electrons. The van der Waals surface area contributed by atoms with Crippen LogP contribution in [0.2, 0.25) is 0 Å². The summed E-state index contributed by atoms with van der Waals surface area (Å²) in [7, 11) is 0. The first-order chi connectivity index (χ1) is 12.6. The van der Waals surface area contributed by atoms with Gasteiger partial charge >= 0.3 is 23.9 Å². The number of carbonyl (C=O) groups excluding carboxylic acids is 4. The van der Waals surface area contributed by atoms with Gasteiger partial charge in [-0.2, -0.15) is 5.26 Å². The predicted octanol–water partition coefficient (Wildman–Crippen LogP) is 0.326. The van der Waals surface area contributed by atoms with Gasteiger partial charge < -0.3 is 23.7 Å². The number of nitriles is 1. The lowest BCUT2D eigenvalue weighted by molar-refractivity contribution is -0.237. The topological polar surface area (TPSA) is 138 Å². The molecule has 1 rings (SSSR count). The molecule has 0 N–H and O–H groups in total. The summed E-state index contributed by atoms with van der Waals surface area (Å²) in [6.07, 6.45) is -4.53. The Morgan fingerprint density at radius 2 is 1.41 bits per heavy atom. The van der Waals surface area contributed by atoms with Crippen LogP contribution in [-0.4, -0.2) is 66.1 Å².